The van der Waals surface area contributed by atoms with Crippen molar-refractivity contribution in [3.63, 3.8) is 0 Å². The lowest BCUT2D eigenvalue weighted by molar-refractivity contribution is 0.0952. The lowest BCUT2D eigenvalue weighted by atomic mass is 10.2. The van der Waals surface area contributed by atoms with Crippen LogP contribution in [0, 0.1) is 6.92 Å². The molecule has 7 heteroatoms. The number of amides is 2. The molecule has 0 atom stereocenters. The average Bonchev–Trinajstić information content (AvgIpc) is 3.30. The van der Waals surface area contributed by atoms with Gasteiger partial charge in [-0.25, -0.2) is 0 Å². The van der Waals surface area contributed by atoms with E-state index in [9.17, 15) is 9.59 Å². The standard InChI is InChI=1S/C19H18N2O4S/c1-12-10-16(21-18(22)15-8-5-9-25-15)26-17(12)19(23)20-11-13-6-3-4-7-14(13)24-2/h3-10H,11H2,1-2H3,(H,20,23)(H,21,22). The third-order valence-corrected chi connectivity index (χ3v) is 4.89. The molecule has 3 aromatic rings. The number of ether oxygens (including phenoxy) is 1. The lowest BCUT2D eigenvalue weighted by Gasteiger charge is -2.09. The molecule has 26 heavy (non-hydrogen) atoms. The number of thiophene rings is 1. The summed E-state index contributed by atoms with van der Waals surface area (Å²) in [7, 11) is 1.60. The van der Waals surface area contributed by atoms with Crippen molar-refractivity contribution in [2.75, 3.05) is 12.4 Å². The van der Waals surface area contributed by atoms with Crippen molar-refractivity contribution in [3.8, 4) is 5.75 Å². The van der Waals surface area contributed by atoms with Crippen molar-refractivity contribution in [1.29, 1.82) is 0 Å². The van der Waals surface area contributed by atoms with Crippen LogP contribution >= 0.6 is 11.3 Å². The van der Waals surface area contributed by atoms with E-state index >= 15 is 0 Å². The fourth-order valence-electron chi connectivity index (χ4n) is 2.46. The van der Waals surface area contributed by atoms with Gasteiger partial charge in [-0.05, 0) is 36.8 Å². The number of carbonyl (C=O) groups is 2. The Balaban J connectivity index is 1.66. The molecule has 0 unspecified atom stereocenters. The van der Waals surface area contributed by atoms with Gasteiger partial charge in [-0.2, -0.15) is 0 Å². The fourth-order valence-corrected chi connectivity index (χ4v) is 3.44. The molecular formula is C19H18N2O4S. The predicted molar refractivity (Wildman–Crippen MR) is 99.9 cm³/mol. The number of nitrogens with one attached hydrogen (secondary N) is 2. The maximum Gasteiger partial charge on any atom is 0.291 e. The van der Waals surface area contributed by atoms with E-state index < -0.39 is 0 Å². The summed E-state index contributed by atoms with van der Waals surface area (Å²) in [5.41, 5.74) is 1.69. The topological polar surface area (TPSA) is 80.6 Å². The van der Waals surface area contributed by atoms with Gasteiger partial charge >= 0.3 is 0 Å². The second kappa shape index (κ2) is 7.88. The first-order valence-electron chi connectivity index (χ1n) is 7.94. The minimum Gasteiger partial charge on any atom is -0.496 e. The second-order valence-corrected chi connectivity index (χ2v) is 6.60. The SMILES string of the molecule is COc1ccccc1CNC(=O)c1sc(NC(=O)c2ccco2)cc1C. The van der Waals surface area contributed by atoms with E-state index in [1.165, 1.54) is 17.6 Å². The van der Waals surface area contributed by atoms with Crippen molar-refractivity contribution >= 4 is 28.2 Å². The van der Waals surface area contributed by atoms with Gasteiger partial charge < -0.3 is 19.8 Å². The molecule has 0 saturated heterocycles. The number of furan rings is 1. The molecular weight excluding hydrogens is 352 g/mol. The van der Waals surface area contributed by atoms with Crippen molar-refractivity contribution in [2.45, 2.75) is 13.5 Å². The Hall–Kier alpha value is -3.06. The van der Waals surface area contributed by atoms with Gasteiger partial charge in [0.15, 0.2) is 5.76 Å². The molecule has 0 aliphatic heterocycles. The number of aryl methyl sites for hydroxylation is 1. The van der Waals surface area contributed by atoms with Gasteiger partial charge in [-0.15, -0.1) is 11.3 Å². The summed E-state index contributed by atoms with van der Waals surface area (Å²) in [6.07, 6.45) is 1.44. The molecule has 2 aromatic heterocycles. The Morgan fingerprint density at radius 2 is 1.96 bits per heavy atom. The minimum atomic E-state index is -0.350. The van der Waals surface area contributed by atoms with Crippen LogP contribution in [0.4, 0.5) is 5.00 Å². The molecule has 2 amide bonds. The first kappa shape index (κ1) is 17.8. The quantitative estimate of drug-likeness (QED) is 0.691. The van der Waals surface area contributed by atoms with Crippen LogP contribution in [-0.4, -0.2) is 18.9 Å². The molecule has 1 aromatic carbocycles. The molecule has 2 N–H and O–H groups in total. The van der Waals surface area contributed by atoms with E-state index in [1.807, 2.05) is 31.2 Å². The van der Waals surface area contributed by atoms with Gasteiger partial charge in [0.2, 0.25) is 0 Å². The van der Waals surface area contributed by atoms with Crippen LogP contribution in [0.3, 0.4) is 0 Å². The maximum atomic E-state index is 12.5. The summed E-state index contributed by atoms with van der Waals surface area (Å²) in [5, 5.41) is 6.21. The normalized spacial score (nSPS) is 10.4. The molecule has 2 heterocycles. The van der Waals surface area contributed by atoms with Crippen molar-refractivity contribution in [1.82, 2.24) is 5.32 Å². The van der Waals surface area contributed by atoms with Crippen LogP contribution in [0.1, 0.15) is 31.4 Å². The monoisotopic (exact) mass is 370 g/mol. The number of methoxy groups -OCH3 is 1. The van der Waals surface area contributed by atoms with E-state index in [4.69, 9.17) is 9.15 Å². The average molecular weight is 370 g/mol. The molecule has 134 valence electrons. The minimum absolute atomic E-state index is 0.197. The van der Waals surface area contributed by atoms with Gasteiger partial charge in [0.25, 0.3) is 11.8 Å². The zero-order chi connectivity index (χ0) is 18.5. The van der Waals surface area contributed by atoms with Crippen molar-refractivity contribution in [3.05, 3.63) is 70.5 Å². The van der Waals surface area contributed by atoms with Crippen LogP contribution in [0.2, 0.25) is 0 Å². The molecule has 0 spiro atoms. The molecule has 0 saturated carbocycles. The number of hydrogen-bond donors (Lipinski definition) is 2. The number of para-hydroxylation sites is 1. The molecule has 6 nitrogen and oxygen atoms in total. The number of hydrogen-bond acceptors (Lipinski definition) is 5. The highest BCUT2D eigenvalue weighted by Crippen LogP contribution is 2.27. The summed E-state index contributed by atoms with van der Waals surface area (Å²) >= 11 is 1.22. The van der Waals surface area contributed by atoms with Crippen molar-refractivity contribution in [2.24, 2.45) is 0 Å². The summed E-state index contributed by atoms with van der Waals surface area (Å²) in [4.78, 5) is 25.1. The molecule has 0 aliphatic rings. The van der Waals surface area contributed by atoms with E-state index in [2.05, 4.69) is 10.6 Å². The van der Waals surface area contributed by atoms with E-state index in [-0.39, 0.29) is 17.6 Å². The number of anilines is 1. The van der Waals surface area contributed by atoms with Gasteiger partial charge in [-0.3, -0.25) is 9.59 Å². The molecule has 0 fully saturated rings. The summed E-state index contributed by atoms with van der Waals surface area (Å²) in [6, 6.07) is 12.5. The molecule has 0 aliphatic carbocycles. The Bertz CT molecular complexity index is 916. The molecule has 0 bridgehead atoms. The Morgan fingerprint density at radius 1 is 1.15 bits per heavy atom. The zero-order valence-electron chi connectivity index (χ0n) is 14.4. The fraction of sp³-hybridized carbons (Fsp3) is 0.158. The molecule has 3 rings (SSSR count). The first-order chi connectivity index (χ1) is 12.6. The second-order valence-electron chi connectivity index (χ2n) is 5.55. The number of rotatable bonds is 6. The smallest absolute Gasteiger partial charge is 0.291 e. The van der Waals surface area contributed by atoms with Crippen LogP contribution in [0.15, 0.2) is 53.1 Å². The van der Waals surface area contributed by atoms with Gasteiger partial charge in [0.05, 0.1) is 23.3 Å². The van der Waals surface area contributed by atoms with Crippen LogP contribution < -0.4 is 15.4 Å². The molecule has 0 radical (unpaired) electrons. The van der Waals surface area contributed by atoms with Gasteiger partial charge in [0, 0.05) is 12.1 Å². The Kier molecular flexibility index (Phi) is 5.38. The van der Waals surface area contributed by atoms with Crippen LogP contribution in [0.25, 0.3) is 0 Å². The summed E-state index contributed by atoms with van der Waals surface area (Å²) in [5.74, 6) is 0.398. The van der Waals surface area contributed by atoms with Crippen LogP contribution in [0.5, 0.6) is 5.75 Å². The first-order valence-corrected chi connectivity index (χ1v) is 8.75. The Labute approximate surface area is 154 Å². The number of carbonyl (C=O) groups excluding carboxylic acids is 2. The maximum absolute atomic E-state index is 12.5. The highest BCUT2D eigenvalue weighted by Gasteiger charge is 2.16. The van der Waals surface area contributed by atoms with Crippen LogP contribution in [-0.2, 0) is 6.54 Å². The van der Waals surface area contributed by atoms with E-state index in [0.29, 0.717) is 16.4 Å². The summed E-state index contributed by atoms with van der Waals surface area (Å²) < 4.78 is 10.3. The zero-order valence-corrected chi connectivity index (χ0v) is 15.2. The predicted octanol–water partition coefficient (Wildman–Crippen LogP) is 3.84. The third-order valence-electron chi connectivity index (χ3n) is 3.74. The largest absolute Gasteiger partial charge is 0.496 e. The van der Waals surface area contributed by atoms with Crippen molar-refractivity contribution < 1.29 is 18.7 Å². The van der Waals surface area contributed by atoms with Gasteiger partial charge in [-0.1, -0.05) is 18.2 Å². The summed E-state index contributed by atoms with van der Waals surface area (Å²) in [6.45, 7) is 2.19. The Morgan fingerprint density at radius 3 is 2.69 bits per heavy atom. The van der Waals surface area contributed by atoms with E-state index in [0.717, 1.165) is 16.9 Å². The van der Waals surface area contributed by atoms with E-state index in [1.54, 1.807) is 25.3 Å². The third kappa shape index (κ3) is 3.94. The van der Waals surface area contributed by atoms with Gasteiger partial charge in [0.1, 0.15) is 5.75 Å². The highest BCUT2D eigenvalue weighted by atomic mass is 32.1. The lowest BCUT2D eigenvalue weighted by Crippen LogP contribution is -2.22. The highest BCUT2D eigenvalue weighted by molar-refractivity contribution is 7.18. The number of benzene rings is 1.